The van der Waals surface area contributed by atoms with Crippen LogP contribution in [0, 0.1) is 5.92 Å². The maximum atomic E-state index is 12.6. The second-order valence-corrected chi connectivity index (χ2v) is 4.06. The number of carbonyl (C=O) groups is 1. The molecule has 1 rings (SSSR count). The lowest BCUT2D eigenvalue weighted by Gasteiger charge is -2.34. The number of hydrogen-bond donors (Lipinski definition) is 2. The van der Waals surface area contributed by atoms with Crippen molar-refractivity contribution in [1.29, 1.82) is 0 Å². The highest BCUT2D eigenvalue weighted by molar-refractivity contribution is 5.76. The third kappa shape index (κ3) is 3.66. The Labute approximate surface area is 92.8 Å². The molecule has 1 aliphatic heterocycles. The molecule has 1 amide bonds. The third-order valence-corrected chi connectivity index (χ3v) is 2.73. The molecule has 1 fully saturated rings. The number of amides is 1. The molecule has 0 saturated carbocycles. The number of carbonyl (C=O) groups excluding carboxylic acids is 1. The molecule has 2 unspecified atom stereocenters. The summed E-state index contributed by atoms with van der Waals surface area (Å²) in [5, 5.41) is 5.32. The largest absolute Gasteiger partial charge is 0.393 e. The lowest BCUT2D eigenvalue weighted by molar-refractivity contribution is -0.187. The van der Waals surface area contributed by atoms with E-state index in [-0.39, 0.29) is 25.3 Å². The van der Waals surface area contributed by atoms with Gasteiger partial charge in [-0.2, -0.15) is 13.2 Å². The van der Waals surface area contributed by atoms with Crippen LogP contribution >= 0.6 is 0 Å². The fourth-order valence-electron chi connectivity index (χ4n) is 1.91. The molecular formula is C10H17F3N2O. The molecule has 1 heterocycles. The second kappa shape index (κ2) is 5.52. The maximum Gasteiger partial charge on any atom is 0.393 e. The third-order valence-electron chi connectivity index (χ3n) is 2.73. The molecular weight excluding hydrogens is 221 g/mol. The first-order valence-corrected chi connectivity index (χ1v) is 5.52. The van der Waals surface area contributed by atoms with E-state index in [1.54, 1.807) is 0 Å². The van der Waals surface area contributed by atoms with Crippen LogP contribution in [-0.2, 0) is 4.79 Å². The van der Waals surface area contributed by atoms with Gasteiger partial charge in [-0.25, -0.2) is 0 Å². The predicted octanol–water partition coefficient (Wildman–Crippen LogP) is 1.44. The summed E-state index contributed by atoms with van der Waals surface area (Å²) in [6.07, 6.45) is -3.28. The molecule has 0 spiro atoms. The van der Waals surface area contributed by atoms with Crippen molar-refractivity contribution in [2.75, 3.05) is 13.1 Å². The highest BCUT2D eigenvalue weighted by Gasteiger charge is 2.45. The quantitative estimate of drug-likeness (QED) is 0.781. The lowest BCUT2D eigenvalue weighted by atomic mass is 9.92. The van der Waals surface area contributed by atoms with Gasteiger partial charge in [-0.15, -0.1) is 0 Å². The number of piperidine rings is 1. The molecule has 3 nitrogen and oxygen atoms in total. The standard InChI is InChI=1S/C10H17F3N2O/c1-2-3-9(16)15-8-6-14-5-4-7(8)10(11,12)13/h7-8,14H,2-6H2,1H3,(H,15,16). The van der Waals surface area contributed by atoms with Gasteiger partial charge in [0.25, 0.3) is 0 Å². The average Bonchev–Trinajstić information content (AvgIpc) is 2.17. The Morgan fingerprint density at radius 1 is 1.50 bits per heavy atom. The van der Waals surface area contributed by atoms with Gasteiger partial charge in [0.15, 0.2) is 0 Å². The Balaban J connectivity index is 2.57. The minimum Gasteiger partial charge on any atom is -0.351 e. The van der Waals surface area contributed by atoms with E-state index in [4.69, 9.17) is 0 Å². The van der Waals surface area contributed by atoms with Crippen LogP contribution in [0.15, 0.2) is 0 Å². The first-order chi connectivity index (χ1) is 7.45. The molecule has 1 saturated heterocycles. The zero-order chi connectivity index (χ0) is 12.2. The van der Waals surface area contributed by atoms with Crippen LogP contribution in [0.25, 0.3) is 0 Å². The summed E-state index contributed by atoms with van der Waals surface area (Å²) in [4.78, 5) is 11.3. The second-order valence-electron chi connectivity index (χ2n) is 4.06. The molecule has 2 N–H and O–H groups in total. The summed E-state index contributed by atoms with van der Waals surface area (Å²) in [5.41, 5.74) is 0. The number of alkyl halides is 3. The van der Waals surface area contributed by atoms with Crippen molar-refractivity contribution in [2.24, 2.45) is 5.92 Å². The van der Waals surface area contributed by atoms with E-state index in [1.807, 2.05) is 6.92 Å². The molecule has 94 valence electrons. The van der Waals surface area contributed by atoms with Crippen LogP contribution in [0.1, 0.15) is 26.2 Å². The van der Waals surface area contributed by atoms with Crippen molar-refractivity contribution < 1.29 is 18.0 Å². The summed E-state index contributed by atoms with van der Waals surface area (Å²) in [6.45, 7) is 2.36. The predicted molar refractivity (Wildman–Crippen MR) is 53.9 cm³/mol. The van der Waals surface area contributed by atoms with Gasteiger partial charge in [-0.1, -0.05) is 6.92 Å². The monoisotopic (exact) mass is 238 g/mol. The fourth-order valence-corrected chi connectivity index (χ4v) is 1.91. The summed E-state index contributed by atoms with van der Waals surface area (Å²) in [5.74, 6) is -1.72. The topological polar surface area (TPSA) is 41.1 Å². The number of rotatable bonds is 3. The maximum absolute atomic E-state index is 12.6. The van der Waals surface area contributed by atoms with Gasteiger partial charge >= 0.3 is 6.18 Å². The lowest BCUT2D eigenvalue weighted by Crippen LogP contribution is -2.55. The Morgan fingerprint density at radius 3 is 2.75 bits per heavy atom. The molecule has 0 aliphatic carbocycles. The van der Waals surface area contributed by atoms with E-state index >= 15 is 0 Å². The van der Waals surface area contributed by atoms with Crippen LogP contribution in [0.4, 0.5) is 13.2 Å². The highest BCUT2D eigenvalue weighted by atomic mass is 19.4. The van der Waals surface area contributed by atoms with Crippen molar-refractivity contribution in [3.63, 3.8) is 0 Å². The van der Waals surface area contributed by atoms with Gasteiger partial charge in [0.05, 0.1) is 12.0 Å². The van der Waals surface area contributed by atoms with Gasteiger partial charge in [-0.3, -0.25) is 4.79 Å². The number of halogens is 3. The zero-order valence-electron chi connectivity index (χ0n) is 9.23. The molecule has 0 aromatic carbocycles. The van der Waals surface area contributed by atoms with Crippen molar-refractivity contribution >= 4 is 5.91 Å². The molecule has 16 heavy (non-hydrogen) atoms. The van der Waals surface area contributed by atoms with E-state index in [2.05, 4.69) is 10.6 Å². The van der Waals surface area contributed by atoms with Crippen molar-refractivity contribution in [3.8, 4) is 0 Å². The van der Waals surface area contributed by atoms with Gasteiger partial charge in [0.2, 0.25) is 5.91 Å². The van der Waals surface area contributed by atoms with E-state index < -0.39 is 18.1 Å². The first kappa shape index (κ1) is 13.3. The van der Waals surface area contributed by atoms with Crippen LogP contribution < -0.4 is 10.6 Å². The zero-order valence-corrected chi connectivity index (χ0v) is 9.23. The van der Waals surface area contributed by atoms with E-state index in [1.165, 1.54) is 0 Å². The van der Waals surface area contributed by atoms with Crippen LogP contribution in [-0.4, -0.2) is 31.2 Å². The Kier molecular flexibility index (Phi) is 4.58. The average molecular weight is 238 g/mol. The molecule has 1 aliphatic rings. The Morgan fingerprint density at radius 2 is 2.19 bits per heavy atom. The van der Waals surface area contributed by atoms with Crippen LogP contribution in [0.2, 0.25) is 0 Å². The molecule has 0 aromatic heterocycles. The van der Waals surface area contributed by atoms with Crippen LogP contribution in [0.5, 0.6) is 0 Å². The van der Waals surface area contributed by atoms with E-state index in [0.717, 1.165) is 0 Å². The summed E-state index contributed by atoms with van der Waals surface area (Å²) >= 11 is 0. The minimum absolute atomic E-state index is 0.0283. The SMILES string of the molecule is CCCC(=O)NC1CNCCC1C(F)(F)F. The van der Waals surface area contributed by atoms with E-state index in [0.29, 0.717) is 13.0 Å². The van der Waals surface area contributed by atoms with Crippen molar-refractivity contribution in [1.82, 2.24) is 10.6 Å². The minimum atomic E-state index is -4.23. The molecule has 0 radical (unpaired) electrons. The molecule has 0 bridgehead atoms. The van der Waals surface area contributed by atoms with Gasteiger partial charge in [0.1, 0.15) is 0 Å². The summed E-state index contributed by atoms with van der Waals surface area (Å²) in [6, 6.07) is -0.826. The van der Waals surface area contributed by atoms with Crippen LogP contribution in [0.3, 0.4) is 0 Å². The smallest absolute Gasteiger partial charge is 0.351 e. The fraction of sp³-hybridized carbons (Fsp3) is 0.900. The van der Waals surface area contributed by atoms with Crippen molar-refractivity contribution in [2.45, 2.75) is 38.4 Å². The molecule has 0 aromatic rings. The molecule has 2 atom stereocenters. The normalized spacial score (nSPS) is 26.5. The molecule has 6 heteroatoms. The van der Waals surface area contributed by atoms with E-state index in [9.17, 15) is 18.0 Å². The summed E-state index contributed by atoms with van der Waals surface area (Å²) < 4.78 is 37.9. The Bertz CT molecular complexity index is 243. The van der Waals surface area contributed by atoms with Gasteiger partial charge in [0, 0.05) is 13.0 Å². The van der Waals surface area contributed by atoms with Gasteiger partial charge < -0.3 is 10.6 Å². The highest BCUT2D eigenvalue weighted by Crippen LogP contribution is 2.32. The van der Waals surface area contributed by atoms with Crippen molar-refractivity contribution in [3.05, 3.63) is 0 Å². The summed E-state index contributed by atoms with van der Waals surface area (Å²) in [7, 11) is 0. The Hall–Kier alpha value is -0.780. The number of hydrogen-bond acceptors (Lipinski definition) is 2. The number of nitrogens with one attached hydrogen (secondary N) is 2. The van der Waals surface area contributed by atoms with Gasteiger partial charge in [-0.05, 0) is 19.4 Å². The first-order valence-electron chi connectivity index (χ1n) is 5.52.